The van der Waals surface area contributed by atoms with Crippen LogP contribution in [0.2, 0.25) is 0 Å². The lowest BCUT2D eigenvalue weighted by Gasteiger charge is -2.27. The maximum absolute atomic E-state index is 5.80. The van der Waals surface area contributed by atoms with Gasteiger partial charge in [-0.15, -0.1) is 0 Å². The Labute approximate surface area is 101 Å². The van der Waals surface area contributed by atoms with Crippen molar-refractivity contribution >= 4 is 0 Å². The molecule has 0 amide bonds. The molecule has 2 atom stereocenters. The Morgan fingerprint density at radius 3 is 2.25 bits per heavy atom. The van der Waals surface area contributed by atoms with Gasteiger partial charge in [0.25, 0.3) is 0 Å². The molecule has 0 radical (unpaired) electrons. The Bertz CT molecular complexity index is 171. The lowest BCUT2D eigenvalue weighted by molar-refractivity contribution is -0.0401. The highest BCUT2D eigenvalue weighted by Gasteiger charge is 2.16. The van der Waals surface area contributed by atoms with Gasteiger partial charge in [0.05, 0.1) is 18.8 Å². The first-order valence-corrected chi connectivity index (χ1v) is 6.39. The normalized spacial score (nSPS) is 16.1. The van der Waals surface area contributed by atoms with E-state index in [1.54, 1.807) is 0 Å². The molecule has 0 saturated heterocycles. The molecule has 1 N–H and O–H groups in total. The van der Waals surface area contributed by atoms with E-state index in [-0.39, 0.29) is 17.7 Å². The van der Waals surface area contributed by atoms with Crippen LogP contribution >= 0.6 is 0 Å². The summed E-state index contributed by atoms with van der Waals surface area (Å²) in [5.74, 6) is 0. The third-order valence-corrected chi connectivity index (χ3v) is 2.77. The first-order valence-electron chi connectivity index (χ1n) is 6.39. The van der Waals surface area contributed by atoms with Gasteiger partial charge < -0.3 is 14.8 Å². The van der Waals surface area contributed by atoms with E-state index in [9.17, 15) is 0 Å². The summed E-state index contributed by atoms with van der Waals surface area (Å²) in [4.78, 5) is 0. The van der Waals surface area contributed by atoms with Crippen molar-refractivity contribution in [1.82, 2.24) is 5.32 Å². The topological polar surface area (TPSA) is 30.5 Å². The number of hydrogen-bond donors (Lipinski definition) is 1. The summed E-state index contributed by atoms with van der Waals surface area (Å²) in [6.07, 6.45) is 1.51. The zero-order valence-electron chi connectivity index (χ0n) is 11.8. The predicted octanol–water partition coefficient (Wildman–Crippen LogP) is 2.59. The van der Waals surface area contributed by atoms with E-state index in [2.05, 4.69) is 39.9 Å². The Hall–Kier alpha value is -0.120. The smallest absolute Gasteiger partial charge is 0.0784 e. The summed E-state index contributed by atoms with van der Waals surface area (Å²) in [6.45, 7) is 15.1. The molecular weight excluding hydrogens is 202 g/mol. The lowest BCUT2D eigenvalue weighted by atomic mass is 10.0. The molecule has 0 aliphatic heterocycles. The number of ether oxygens (including phenoxy) is 2. The highest BCUT2D eigenvalue weighted by Crippen LogP contribution is 2.07. The molecule has 0 aromatic carbocycles. The highest BCUT2D eigenvalue weighted by atomic mass is 16.5. The van der Waals surface area contributed by atoms with Gasteiger partial charge in [0, 0.05) is 18.7 Å². The number of nitrogens with one attached hydrogen (secondary N) is 1. The Morgan fingerprint density at radius 2 is 1.75 bits per heavy atom. The largest absolute Gasteiger partial charge is 0.379 e. The molecule has 98 valence electrons. The van der Waals surface area contributed by atoms with Gasteiger partial charge in [-0.2, -0.15) is 0 Å². The highest BCUT2D eigenvalue weighted by molar-refractivity contribution is 4.76. The fourth-order valence-corrected chi connectivity index (χ4v) is 1.31. The van der Waals surface area contributed by atoms with Crippen molar-refractivity contribution in [3.8, 4) is 0 Å². The van der Waals surface area contributed by atoms with Gasteiger partial charge >= 0.3 is 0 Å². The molecule has 3 nitrogen and oxygen atoms in total. The van der Waals surface area contributed by atoms with Crippen molar-refractivity contribution in [2.24, 2.45) is 0 Å². The monoisotopic (exact) mass is 231 g/mol. The van der Waals surface area contributed by atoms with E-state index in [0.717, 1.165) is 19.6 Å². The van der Waals surface area contributed by atoms with E-state index < -0.39 is 0 Å². The van der Waals surface area contributed by atoms with Gasteiger partial charge in [0.2, 0.25) is 0 Å². The van der Waals surface area contributed by atoms with Gasteiger partial charge in [0.15, 0.2) is 0 Å². The van der Waals surface area contributed by atoms with Gasteiger partial charge in [0.1, 0.15) is 0 Å². The van der Waals surface area contributed by atoms with Crippen molar-refractivity contribution in [1.29, 1.82) is 0 Å². The Balaban J connectivity index is 3.69. The summed E-state index contributed by atoms with van der Waals surface area (Å²) in [7, 11) is 0. The van der Waals surface area contributed by atoms with Crippen LogP contribution < -0.4 is 5.32 Å². The second-order valence-corrected chi connectivity index (χ2v) is 5.04. The summed E-state index contributed by atoms with van der Waals surface area (Å²) in [6, 6.07) is 0. The van der Waals surface area contributed by atoms with E-state index >= 15 is 0 Å². The first-order chi connectivity index (χ1) is 7.41. The van der Waals surface area contributed by atoms with Crippen molar-refractivity contribution in [2.45, 2.75) is 65.7 Å². The summed E-state index contributed by atoms with van der Waals surface area (Å²) in [5, 5.41) is 3.50. The van der Waals surface area contributed by atoms with Crippen LogP contribution in [0.15, 0.2) is 0 Å². The van der Waals surface area contributed by atoms with Crippen LogP contribution in [0.3, 0.4) is 0 Å². The van der Waals surface area contributed by atoms with Gasteiger partial charge in [-0.1, -0.05) is 6.92 Å². The molecule has 16 heavy (non-hydrogen) atoms. The summed E-state index contributed by atoms with van der Waals surface area (Å²) >= 11 is 0. The minimum atomic E-state index is 0.168. The zero-order chi connectivity index (χ0) is 12.6. The van der Waals surface area contributed by atoms with Gasteiger partial charge in [-0.05, 0) is 41.0 Å². The molecular formula is C13H29NO2. The molecule has 2 unspecified atom stereocenters. The first kappa shape index (κ1) is 15.9. The van der Waals surface area contributed by atoms with Crippen LogP contribution in [0.5, 0.6) is 0 Å². The summed E-state index contributed by atoms with van der Waals surface area (Å²) < 4.78 is 11.1. The van der Waals surface area contributed by atoms with Crippen LogP contribution in [0.1, 0.15) is 48.0 Å². The molecule has 0 spiro atoms. The quantitative estimate of drug-likeness (QED) is 0.661. The second kappa shape index (κ2) is 8.04. The van der Waals surface area contributed by atoms with Crippen molar-refractivity contribution in [3.63, 3.8) is 0 Å². The lowest BCUT2D eigenvalue weighted by Crippen LogP contribution is -2.43. The van der Waals surface area contributed by atoms with E-state index in [1.165, 1.54) is 0 Å². The third kappa shape index (κ3) is 8.08. The number of rotatable bonds is 9. The minimum absolute atomic E-state index is 0.168. The van der Waals surface area contributed by atoms with Crippen LogP contribution in [0, 0.1) is 0 Å². The standard InChI is InChI=1S/C13H29NO2/c1-7-13(5,6)14-9-11(3)16-12(4)10-15-8-2/h11-12,14H,7-10H2,1-6H3. The Morgan fingerprint density at radius 1 is 1.12 bits per heavy atom. The average molecular weight is 231 g/mol. The minimum Gasteiger partial charge on any atom is -0.379 e. The molecule has 0 aromatic rings. The summed E-state index contributed by atoms with van der Waals surface area (Å²) in [5.41, 5.74) is 0.195. The molecule has 3 heteroatoms. The zero-order valence-corrected chi connectivity index (χ0v) is 11.8. The van der Waals surface area contributed by atoms with Crippen LogP contribution in [0.25, 0.3) is 0 Å². The molecule has 0 rings (SSSR count). The molecule has 0 saturated carbocycles. The predicted molar refractivity (Wildman–Crippen MR) is 68.9 cm³/mol. The maximum atomic E-state index is 5.80. The average Bonchev–Trinajstić information content (AvgIpc) is 2.24. The molecule has 0 fully saturated rings. The molecule has 0 aromatic heterocycles. The fraction of sp³-hybridized carbons (Fsp3) is 1.00. The number of hydrogen-bond acceptors (Lipinski definition) is 3. The van der Waals surface area contributed by atoms with Crippen molar-refractivity contribution in [2.75, 3.05) is 19.8 Å². The Kier molecular flexibility index (Phi) is 7.98. The fourth-order valence-electron chi connectivity index (χ4n) is 1.31. The van der Waals surface area contributed by atoms with Crippen LogP contribution in [-0.2, 0) is 9.47 Å². The SMILES string of the molecule is CCOCC(C)OC(C)CNC(C)(C)CC. The molecule has 0 bridgehead atoms. The van der Waals surface area contributed by atoms with E-state index in [4.69, 9.17) is 9.47 Å². The van der Waals surface area contributed by atoms with E-state index in [1.807, 2.05) is 6.92 Å². The molecule has 0 aliphatic rings. The van der Waals surface area contributed by atoms with Crippen LogP contribution in [0.4, 0.5) is 0 Å². The maximum Gasteiger partial charge on any atom is 0.0784 e. The van der Waals surface area contributed by atoms with Gasteiger partial charge in [-0.25, -0.2) is 0 Å². The van der Waals surface area contributed by atoms with Gasteiger partial charge in [-0.3, -0.25) is 0 Å². The van der Waals surface area contributed by atoms with Crippen LogP contribution in [-0.4, -0.2) is 37.5 Å². The molecule has 0 aliphatic carbocycles. The van der Waals surface area contributed by atoms with E-state index in [0.29, 0.717) is 6.61 Å². The van der Waals surface area contributed by atoms with Crippen molar-refractivity contribution < 1.29 is 9.47 Å². The second-order valence-electron chi connectivity index (χ2n) is 5.04. The third-order valence-electron chi connectivity index (χ3n) is 2.77. The molecule has 0 heterocycles. The van der Waals surface area contributed by atoms with Crippen molar-refractivity contribution in [3.05, 3.63) is 0 Å².